The molecule has 1 atom stereocenters. The van der Waals surface area contributed by atoms with Gasteiger partial charge in [0.25, 0.3) is 0 Å². The predicted molar refractivity (Wildman–Crippen MR) is 103 cm³/mol. The van der Waals surface area contributed by atoms with Crippen molar-refractivity contribution in [2.75, 3.05) is 13.1 Å². The zero-order chi connectivity index (χ0) is 18.6. The van der Waals surface area contributed by atoms with E-state index in [1.165, 1.54) is 5.56 Å². The quantitative estimate of drug-likeness (QED) is 0.666. The van der Waals surface area contributed by atoms with Crippen molar-refractivity contribution < 1.29 is 9.32 Å². The molecule has 0 aliphatic carbocycles. The summed E-state index contributed by atoms with van der Waals surface area (Å²) in [5, 5.41) is 4.13. The van der Waals surface area contributed by atoms with Crippen molar-refractivity contribution in [2.45, 2.75) is 32.1 Å². The highest BCUT2D eigenvalue weighted by molar-refractivity contribution is 5.79. The summed E-state index contributed by atoms with van der Waals surface area (Å²) in [5.41, 5.74) is 3.38. The maximum Gasteiger partial charge on any atom is 0.232 e. The second-order valence-electron chi connectivity index (χ2n) is 7.10. The molecule has 5 heteroatoms. The zero-order valence-corrected chi connectivity index (χ0v) is 15.5. The van der Waals surface area contributed by atoms with E-state index in [0.29, 0.717) is 24.7 Å². The molecular formula is C22H23N3O2. The molecule has 4 rings (SSSR count). The minimum atomic E-state index is -0.0144. The van der Waals surface area contributed by atoms with E-state index in [1.807, 2.05) is 54.3 Å². The lowest BCUT2D eigenvalue weighted by Gasteiger charge is -2.15. The van der Waals surface area contributed by atoms with E-state index in [1.54, 1.807) is 0 Å². The van der Waals surface area contributed by atoms with Gasteiger partial charge in [-0.05, 0) is 30.9 Å². The molecule has 0 radical (unpaired) electrons. The molecule has 1 aromatic heterocycles. The Morgan fingerprint density at radius 1 is 1.11 bits per heavy atom. The average molecular weight is 361 g/mol. The Morgan fingerprint density at radius 3 is 2.70 bits per heavy atom. The van der Waals surface area contributed by atoms with Gasteiger partial charge in [-0.1, -0.05) is 59.8 Å². The van der Waals surface area contributed by atoms with Crippen molar-refractivity contribution in [1.29, 1.82) is 0 Å². The molecule has 1 aliphatic heterocycles. The maximum absolute atomic E-state index is 12.4. The number of hydrogen-bond donors (Lipinski definition) is 0. The van der Waals surface area contributed by atoms with Gasteiger partial charge in [0.1, 0.15) is 0 Å². The van der Waals surface area contributed by atoms with Crippen LogP contribution in [0.5, 0.6) is 0 Å². The molecular weight excluding hydrogens is 338 g/mol. The number of nitrogens with zero attached hydrogens (tertiary/aromatic N) is 3. The topological polar surface area (TPSA) is 59.2 Å². The summed E-state index contributed by atoms with van der Waals surface area (Å²) < 4.78 is 5.49. The standard InChI is InChI=1S/C22H23N3O2/c1-16-8-5-6-12-19(16)21-23-22(27-24-21)18-14-20(26)25(15-18)13-7-11-17-9-3-2-4-10-17/h2-6,8-10,12,18H,7,11,13-15H2,1H3. The Bertz CT molecular complexity index is 920. The van der Waals surface area contributed by atoms with Crippen molar-refractivity contribution in [1.82, 2.24) is 15.0 Å². The van der Waals surface area contributed by atoms with Crippen LogP contribution in [0.1, 0.15) is 35.8 Å². The lowest BCUT2D eigenvalue weighted by molar-refractivity contribution is -0.127. The third kappa shape index (κ3) is 3.92. The highest BCUT2D eigenvalue weighted by atomic mass is 16.5. The lowest BCUT2D eigenvalue weighted by atomic mass is 10.1. The summed E-state index contributed by atoms with van der Waals surface area (Å²) in [5.74, 6) is 1.31. The van der Waals surface area contributed by atoms with E-state index in [2.05, 4.69) is 22.3 Å². The molecule has 27 heavy (non-hydrogen) atoms. The number of hydrogen-bond acceptors (Lipinski definition) is 4. The zero-order valence-electron chi connectivity index (χ0n) is 15.5. The van der Waals surface area contributed by atoms with E-state index in [9.17, 15) is 4.79 Å². The molecule has 2 aromatic carbocycles. The van der Waals surface area contributed by atoms with Gasteiger partial charge in [-0.3, -0.25) is 4.79 Å². The highest BCUT2D eigenvalue weighted by Gasteiger charge is 2.34. The van der Waals surface area contributed by atoms with E-state index in [4.69, 9.17) is 4.52 Å². The van der Waals surface area contributed by atoms with Crippen LogP contribution in [0.15, 0.2) is 59.1 Å². The molecule has 3 aromatic rings. The van der Waals surface area contributed by atoms with Crippen LogP contribution in [0.4, 0.5) is 0 Å². The van der Waals surface area contributed by atoms with Crippen molar-refractivity contribution in [3.8, 4) is 11.4 Å². The summed E-state index contributed by atoms with van der Waals surface area (Å²) in [6.07, 6.45) is 2.38. The van der Waals surface area contributed by atoms with Crippen LogP contribution in [0.3, 0.4) is 0 Å². The maximum atomic E-state index is 12.4. The van der Waals surface area contributed by atoms with Crippen LogP contribution in [-0.2, 0) is 11.2 Å². The first-order chi connectivity index (χ1) is 13.2. The largest absolute Gasteiger partial charge is 0.342 e. The number of amides is 1. The molecule has 1 fully saturated rings. The molecule has 138 valence electrons. The van der Waals surface area contributed by atoms with Crippen molar-refractivity contribution in [3.05, 3.63) is 71.6 Å². The molecule has 1 saturated heterocycles. The lowest BCUT2D eigenvalue weighted by Crippen LogP contribution is -2.26. The van der Waals surface area contributed by atoms with E-state index in [0.717, 1.165) is 30.5 Å². The summed E-state index contributed by atoms with van der Waals surface area (Å²) in [4.78, 5) is 18.9. The number of carbonyl (C=O) groups excluding carboxylic acids is 1. The van der Waals surface area contributed by atoms with Crippen LogP contribution in [0.2, 0.25) is 0 Å². The van der Waals surface area contributed by atoms with Crippen molar-refractivity contribution in [3.63, 3.8) is 0 Å². The van der Waals surface area contributed by atoms with Gasteiger partial charge in [0.15, 0.2) is 0 Å². The number of likely N-dealkylation sites (tertiary alicyclic amines) is 1. The van der Waals surface area contributed by atoms with E-state index >= 15 is 0 Å². The fourth-order valence-electron chi connectivity index (χ4n) is 3.61. The number of benzene rings is 2. The number of aryl methyl sites for hydroxylation is 2. The third-order valence-electron chi connectivity index (χ3n) is 5.13. The molecule has 5 nitrogen and oxygen atoms in total. The smallest absolute Gasteiger partial charge is 0.232 e. The Balaban J connectivity index is 1.37. The summed E-state index contributed by atoms with van der Waals surface area (Å²) in [7, 11) is 0. The molecule has 1 aliphatic rings. The number of rotatable bonds is 6. The normalized spacial score (nSPS) is 16.9. The molecule has 1 amide bonds. The van der Waals surface area contributed by atoms with E-state index in [-0.39, 0.29) is 11.8 Å². The highest BCUT2D eigenvalue weighted by Crippen LogP contribution is 2.29. The van der Waals surface area contributed by atoms with Crippen LogP contribution in [-0.4, -0.2) is 34.0 Å². The Hall–Kier alpha value is -2.95. The van der Waals surface area contributed by atoms with Gasteiger partial charge in [0.05, 0.1) is 5.92 Å². The molecule has 1 unspecified atom stereocenters. The first-order valence-electron chi connectivity index (χ1n) is 9.42. The van der Waals surface area contributed by atoms with Gasteiger partial charge in [0.2, 0.25) is 17.6 Å². The van der Waals surface area contributed by atoms with Gasteiger partial charge in [-0.25, -0.2) is 0 Å². The average Bonchev–Trinajstić information content (AvgIpc) is 3.30. The Morgan fingerprint density at radius 2 is 1.89 bits per heavy atom. The predicted octanol–water partition coefficient (Wildman–Crippen LogP) is 3.99. The molecule has 0 N–H and O–H groups in total. The van der Waals surface area contributed by atoms with Gasteiger partial charge >= 0.3 is 0 Å². The van der Waals surface area contributed by atoms with Gasteiger partial charge in [0, 0.05) is 25.1 Å². The summed E-state index contributed by atoms with van der Waals surface area (Å²) >= 11 is 0. The van der Waals surface area contributed by atoms with Gasteiger partial charge < -0.3 is 9.42 Å². The van der Waals surface area contributed by atoms with Crippen LogP contribution >= 0.6 is 0 Å². The molecule has 0 bridgehead atoms. The first kappa shape index (κ1) is 17.5. The van der Waals surface area contributed by atoms with Crippen molar-refractivity contribution >= 4 is 5.91 Å². The third-order valence-corrected chi connectivity index (χ3v) is 5.13. The van der Waals surface area contributed by atoms with Crippen LogP contribution in [0, 0.1) is 6.92 Å². The van der Waals surface area contributed by atoms with Crippen LogP contribution < -0.4 is 0 Å². The first-order valence-corrected chi connectivity index (χ1v) is 9.42. The summed E-state index contributed by atoms with van der Waals surface area (Å²) in [6.45, 7) is 3.45. The van der Waals surface area contributed by atoms with Crippen molar-refractivity contribution in [2.24, 2.45) is 0 Å². The SMILES string of the molecule is Cc1ccccc1-c1noc(C2CC(=O)N(CCCc3ccccc3)C2)n1. The molecule has 0 saturated carbocycles. The van der Waals surface area contributed by atoms with Gasteiger partial charge in [-0.15, -0.1) is 0 Å². The minimum Gasteiger partial charge on any atom is -0.342 e. The van der Waals surface area contributed by atoms with Gasteiger partial charge in [-0.2, -0.15) is 4.98 Å². The number of aromatic nitrogens is 2. The van der Waals surface area contributed by atoms with E-state index < -0.39 is 0 Å². The second-order valence-corrected chi connectivity index (χ2v) is 7.10. The fraction of sp³-hybridized carbons (Fsp3) is 0.318. The fourth-order valence-corrected chi connectivity index (χ4v) is 3.61. The molecule has 0 spiro atoms. The number of carbonyl (C=O) groups is 1. The summed E-state index contributed by atoms with van der Waals surface area (Å²) in [6, 6.07) is 18.3. The Kier molecular flexibility index (Phi) is 5.01. The van der Waals surface area contributed by atoms with Crippen LogP contribution in [0.25, 0.3) is 11.4 Å². The minimum absolute atomic E-state index is 0.0144. The monoisotopic (exact) mass is 361 g/mol. The Labute approximate surface area is 159 Å². The molecule has 2 heterocycles. The second kappa shape index (κ2) is 7.74.